The van der Waals surface area contributed by atoms with E-state index in [1.54, 1.807) is 6.07 Å². The molecule has 1 aromatic carbocycles. The van der Waals surface area contributed by atoms with Crippen LogP contribution in [0.5, 0.6) is 11.5 Å². The second-order valence-corrected chi connectivity index (χ2v) is 6.75. The first kappa shape index (κ1) is 14.1. The van der Waals surface area contributed by atoms with E-state index < -0.39 is 9.84 Å². The number of rotatable bonds is 5. The summed E-state index contributed by atoms with van der Waals surface area (Å²) < 4.78 is 34.3. The molecule has 1 unspecified atom stereocenters. The summed E-state index contributed by atoms with van der Waals surface area (Å²) in [5.74, 6) is 1.45. The van der Waals surface area contributed by atoms with Crippen molar-refractivity contribution in [2.24, 2.45) is 5.73 Å². The Morgan fingerprint density at radius 1 is 1.42 bits per heavy atom. The standard InChI is InChI=1S/C13H19NO4S/c1-2-17-12-5-3-4-10(8-14)13(12)18-11-6-7-19(15,16)9-11/h3-5,11H,2,6-9,14H2,1H3. The van der Waals surface area contributed by atoms with Crippen LogP contribution in [0.15, 0.2) is 18.2 Å². The zero-order valence-corrected chi connectivity index (χ0v) is 11.8. The van der Waals surface area contributed by atoms with Gasteiger partial charge in [-0.05, 0) is 19.4 Å². The second-order valence-electron chi connectivity index (χ2n) is 4.52. The third kappa shape index (κ3) is 3.39. The fraction of sp³-hybridized carbons (Fsp3) is 0.538. The summed E-state index contributed by atoms with van der Waals surface area (Å²) >= 11 is 0. The van der Waals surface area contributed by atoms with E-state index in [9.17, 15) is 8.42 Å². The number of ether oxygens (including phenoxy) is 2. The van der Waals surface area contributed by atoms with Gasteiger partial charge in [-0.2, -0.15) is 0 Å². The van der Waals surface area contributed by atoms with Gasteiger partial charge >= 0.3 is 0 Å². The van der Waals surface area contributed by atoms with Crippen molar-refractivity contribution in [2.45, 2.75) is 26.0 Å². The quantitative estimate of drug-likeness (QED) is 0.876. The molecule has 1 saturated heterocycles. The molecule has 2 N–H and O–H groups in total. The second kappa shape index (κ2) is 5.79. The van der Waals surface area contributed by atoms with E-state index in [1.807, 2.05) is 19.1 Å². The Bertz CT molecular complexity index is 542. The predicted molar refractivity (Wildman–Crippen MR) is 73.2 cm³/mol. The molecule has 2 rings (SSSR count). The normalized spacial score (nSPS) is 21.3. The molecular weight excluding hydrogens is 266 g/mol. The van der Waals surface area contributed by atoms with Gasteiger partial charge < -0.3 is 15.2 Å². The summed E-state index contributed by atoms with van der Waals surface area (Å²) in [5.41, 5.74) is 6.52. The maximum Gasteiger partial charge on any atom is 0.166 e. The monoisotopic (exact) mass is 285 g/mol. The van der Waals surface area contributed by atoms with E-state index >= 15 is 0 Å². The van der Waals surface area contributed by atoms with E-state index in [2.05, 4.69) is 0 Å². The van der Waals surface area contributed by atoms with Gasteiger partial charge in [-0.25, -0.2) is 8.42 Å². The SMILES string of the molecule is CCOc1cccc(CN)c1OC1CCS(=O)(=O)C1. The predicted octanol–water partition coefficient (Wildman–Crippen LogP) is 1.11. The lowest BCUT2D eigenvalue weighted by Gasteiger charge is -2.18. The maximum absolute atomic E-state index is 11.5. The van der Waals surface area contributed by atoms with E-state index in [0.29, 0.717) is 31.1 Å². The highest BCUT2D eigenvalue weighted by Gasteiger charge is 2.30. The zero-order chi connectivity index (χ0) is 13.9. The van der Waals surface area contributed by atoms with Crippen LogP contribution in [0.25, 0.3) is 0 Å². The largest absolute Gasteiger partial charge is 0.490 e. The molecule has 106 valence electrons. The average molecular weight is 285 g/mol. The minimum Gasteiger partial charge on any atom is -0.490 e. The first-order valence-corrected chi connectivity index (χ1v) is 8.19. The molecule has 0 aliphatic carbocycles. The average Bonchev–Trinajstić information content (AvgIpc) is 2.71. The minimum absolute atomic E-state index is 0.0669. The van der Waals surface area contributed by atoms with Crippen molar-refractivity contribution in [3.63, 3.8) is 0 Å². The van der Waals surface area contributed by atoms with Crippen LogP contribution in [0, 0.1) is 0 Å². The van der Waals surface area contributed by atoms with Crippen molar-refractivity contribution in [2.75, 3.05) is 18.1 Å². The van der Waals surface area contributed by atoms with Gasteiger partial charge in [0.25, 0.3) is 0 Å². The lowest BCUT2D eigenvalue weighted by Crippen LogP contribution is -2.19. The van der Waals surface area contributed by atoms with Crippen LogP contribution in [0.4, 0.5) is 0 Å². The number of para-hydroxylation sites is 1. The molecule has 1 heterocycles. The highest BCUT2D eigenvalue weighted by molar-refractivity contribution is 7.91. The summed E-state index contributed by atoms with van der Waals surface area (Å²) in [4.78, 5) is 0. The summed E-state index contributed by atoms with van der Waals surface area (Å²) in [6.07, 6.45) is 0.212. The Hall–Kier alpha value is -1.27. The van der Waals surface area contributed by atoms with Crippen molar-refractivity contribution in [1.29, 1.82) is 0 Å². The molecule has 1 aliphatic heterocycles. The van der Waals surface area contributed by atoms with Gasteiger partial charge in [0.2, 0.25) is 0 Å². The van der Waals surface area contributed by atoms with E-state index in [0.717, 1.165) is 5.56 Å². The first-order valence-electron chi connectivity index (χ1n) is 6.37. The minimum atomic E-state index is -2.96. The number of sulfone groups is 1. The zero-order valence-electron chi connectivity index (χ0n) is 11.0. The smallest absolute Gasteiger partial charge is 0.166 e. The fourth-order valence-electron chi connectivity index (χ4n) is 2.15. The molecule has 0 aromatic heterocycles. The van der Waals surface area contributed by atoms with Gasteiger partial charge in [0.05, 0.1) is 18.1 Å². The van der Waals surface area contributed by atoms with Gasteiger partial charge in [-0.1, -0.05) is 12.1 Å². The molecule has 1 aliphatic rings. The third-order valence-electron chi connectivity index (χ3n) is 3.06. The van der Waals surface area contributed by atoms with Crippen LogP contribution >= 0.6 is 0 Å². The maximum atomic E-state index is 11.5. The van der Waals surface area contributed by atoms with E-state index in [1.165, 1.54) is 0 Å². The molecule has 19 heavy (non-hydrogen) atoms. The molecule has 0 radical (unpaired) electrons. The highest BCUT2D eigenvalue weighted by atomic mass is 32.2. The van der Waals surface area contributed by atoms with Crippen LogP contribution in [-0.4, -0.2) is 32.6 Å². The van der Waals surface area contributed by atoms with Crippen molar-refractivity contribution in [3.05, 3.63) is 23.8 Å². The summed E-state index contributed by atoms with van der Waals surface area (Å²) in [6, 6.07) is 5.52. The molecule has 6 heteroatoms. The Balaban J connectivity index is 2.23. The molecular formula is C13H19NO4S. The Labute approximate surface area is 113 Å². The van der Waals surface area contributed by atoms with Crippen molar-refractivity contribution in [1.82, 2.24) is 0 Å². The van der Waals surface area contributed by atoms with Crippen molar-refractivity contribution in [3.8, 4) is 11.5 Å². The lowest BCUT2D eigenvalue weighted by molar-refractivity contribution is 0.210. The van der Waals surface area contributed by atoms with Gasteiger partial charge in [0.15, 0.2) is 21.3 Å². The lowest BCUT2D eigenvalue weighted by atomic mass is 10.2. The third-order valence-corrected chi connectivity index (χ3v) is 4.79. The van der Waals surface area contributed by atoms with Crippen molar-refractivity contribution < 1.29 is 17.9 Å². The van der Waals surface area contributed by atoms with Crippen LogP contribution < -0.4 is 15.2 Å². The Kier molecular flexibility index (Phi) is 4.31. The highest BCUT2D eigenvalue weighted by Crippen LogP contribution is 2.33. The summed E-state index contributed by atoms with van der Waals surface area (Å²) in [6.45, 7) is 2.74. The molecule has 0 amide bonds. The van der Waals surface area contributed by atoms with Gasteiger partial charge in [0, 0.05) is 12.1 Å². The van der Waals surface area contributed by atoms with Gasteiger partial charge in [-0.3, -0.25) is 0 Å². The van der Waals surface area contributed by atoms with Crippen LogP contribution in [0.2, 0.25) is 0 Å². The van der Waals surface area contributed by atoms with Gasteiger partial charge in [-0.15, -0.1) is 0 Å². The Morgan fingerprint density at radius 2 is 2.21 bits per heavy atom. The number of benzene rings is 1. The number of hydrogen-bond donors (Lipinski definition) is 1. The molecule has 0 bridgehead atoms. The molecule has 1 fully saturated rings. The van der Waals surface area contributed by atoms with E-state index in [4.69, 9.17) is 15.2 Å². The fourth-order valence-corrected chi connectivity index (χ4v) is 3.74. The molecule has 1 aromatic rings. The van der Waals surface area contributed by atoms with Crippen LogP contribution in [0.3, 0.4) is 0 Å². The van der Waals surface area contributed by atoms with Gasteiger partial charge in [0.1, 0.15) is 6.10 Å². The first-order chi connectivity index (χ1) is 9.05. The Morgan fingerprint density at radius 3 is 2.79 bits per heavy atom. The topological polar surface area (TPSA) is 78.6 Å². The summed E-state index contributed by atoms with van der Waals surface area (Å²) in [7, 11) is -2.96. The van der Waals surface area contributed by atoms with E-state index in [-0.39, 0.29) is 17.6 Å². The number of hydrogen-bond acceptors (Lipinski definition) is 5. The van der Waals surface area contributed by atoms with Crippen molar-refractivity contribution >= 4 is 9.84 Å². The summed E-state index contributed by atoms with van der Waals surface area (Å²) in [5, 5.41) is 0. The molecule has 5 nitrogen and oxygen atoms in total. The van der Waals surface area contributed by atoms with Crippen LogP contribution in [-0.2, 0) is 16.4 Å². The molecule has 0 spiro atoms. The molecule has 0 saturated carbocycles. The molecule has 1 atom stereocenters. The number of nitrogens with two attached hydrogens (primary N) is 1. The van der Waals surface area contributed by atoms with Crippen LogP contribution in [0.1, 0.15) is 18.9 Å².